The molecule has 0 radical (unpaired) electrons. The predicted octanol–water partition coefficient (Wildman–Crippen LogP) is 5.90. The molecule has 0 unspecified atom stereocenters. The Kier molecular flexibility index (Phi) is 8.85. The maximum absolute atomic E-state index is 12.1. The number of aromatic nitrogens is 2. The molecule has 1 heterocycles. The lowest BCUT2D eigenvalue weighted by Gasteiger charge is -2.12. The SMILES string of the molecule is Cc1ccc(OCCCn2c(CCCNC(=O)COc3ccc(Cl)cc3)nc3ccccc32)cc1C. The van der Waals surface area contributed by atoms with Crippen LogP contribution in [0.25, 0.3) is 11.0 Å². The van der Waals surface area contributed by atoms with Crippen molar-refractivity contribution in [2.45, 2.75) is 39.7 Å². The number of nitrogens with zero attached hydrogens (tertiary/aromatic N) is 2. The molecule has 0 fully saturated rings. The third-order valence-electron chi connectivity index (χ3n) is 6.09. The lowest BCUT2D eigenvalue weighted by Crippen LogP contribution is -2.30. The first kappa shape index (κ1) is 25.6. The van der Waals surface area contributed by atoms with Gasteiger partial charge in [-0.3, -0.25) is 4.79 Å². The van der Waals surface area contributed by atoms with Gasteiger partial charge in [0.05, 0.1) is 17.6 Å². The molecule has 188 valence electrons. The molecule has 7 heteroatoms. The number of aryl methyl sites for hydroxylation is 4. The number of amides is 1. The first-order valence-corrected chi connectivity index (χ1v) is 12.7. The minimum absolute atomic E-state index is 0.0271. The molecule has 1 N–H and O–H groups in total. The number of benzene rings is 3. The van der Waals surface area contributed by atoms with Crippen molar-refractivity contribution in [1.82, 2.24) is 14.9 Å². The Labute approximate surface area is 217 Å². The van der Waals surface area contributed by atoms with Crippen LogP contribution in [-0.4, -0.2) is 35.2 Å². The van der Waals surface area contributed by atoms with Gasteiger partial charge in [0.15, 0.2) is 6.61 Å². The second-order valence-electron chi connectivity index (χ2n) is 8.81. The minimum Gasteiger partial charge on any atom is -0.494 e. The van der Waals surface area contributed by atoms with Gasteiger partial charge in [0.2, 0.25) is 0 Å². The van der Waals surface area contributed by atoms with Crippen LogP contribution in [0.1, 0.15) is 29.8 Å². The van der Waals surface area contributed by atoms with Gasteiger partial charge in [-0.25, -0.2) is 4.98 Å². The van der Waals surface area contributed by atoms with E-state index in [1.807, 2.05) is 24.3 Å². The summed E-state index contributed by atoms with van der Waals surface area (Å²) in [6.07, 6.45) is 2.43. The third kappa shape index (κ3) is 7.01. The summed E-state index contributed by atoms with van der Waals surface area (Å²) >= 11 is 5.87. The molecule has 6 nitrogen and oxygen atoms in total. The second kappa shape index (κ2) is 12.5. The highest BCUT2D eigenvalue weighted by molar-refractivity contribution is 6.30. The normalized spacial score (nSPS) is 11.0. The van der Waals surface area contributed by atoms with Crippen LogP contribution in [0.2, 0.25) is 5.02 Å². The number of carbonyl (C=O) groups is 1. The highest BCUT2D eigenvalue weighted by atomic mass is 35.5. The van der Waals surface area contributed by atoms with Gasteiger partial charge >= 0.3 is 0 Å². The number of nitrogens with one attached hydrogen (secondary N) is 1. The molecule has 0 bridgehead atoms. The Morgan fingerprint density at radius 3 is 2.53 bits per heavy atom. The molecule has 36 heavy (non-hydrogen) atoms. The summed E-state index contributed by atoms with van der Waals surface area (Å²) in [5.74, 6) is 2.39. The minimum atomic E-state index is -0.151. The van der Waals surface area contributed by atoms with Crippen molar-refractivity contribution in [1.29, 1.82) is 0 Å². The molecule has 0 saturated heterocycles. The van der Waals surface area contributed by atoms with Crippen molar-refractivity contribution in [3.8, 4) is 11.5 Å². The lowest BCUT2D eigenvalue weighted by molar-refractivity contribution is -0.123. The lowest BCUT2D eigenvalue weighted by atomic mass is 10.1. The molecule has 1 amide bonds. The van der Waals surface area contributed by atoms with E-state index >= 15 is 0 Å². The molecule has 0 aliphatic carbocycles. The molecule has 1 aromatic heterocycles. The summed E-state index contributed by atoms with van der Waals surface area (Å²) < 4.78 is 13.7. The molecular formula is C29H32ClN3O3. The number of imidazole rings is 1. The molecule has 4 rings (SSSR count). The standard InChI is InChI=1S/C29H32ClN3O3/c1-21-10-13-25(19-22(21)2)35-18-6-17-33-27-8-4-3-7-26(27)32-28(33)9-5-16-31-29(34)20-36-24-14-11-23(30)12-15-24/h3-4,7-8,10-15,19H,5-6,9,16-18,20H2,1-2H3,(H,31,34). The van der Waals surface area contributed by atoms with E-state index in [0.717, 1.165) is 48.4 Å². The fourth-order valence-electron chi connectivity index (χ4n) is 3.99. The van der Waals surface area contributed by atoms with Crippen LogP contribution < -0.4 is 14.8 Å². The van der Waals surface area contributed by atoms with Crippen LogP contribution in [0.15, 0.2) is 66.7 Å². The molecule has 0 saturated carbocycles. The largest absolute Gasteiger partial charge is 0.494 e. The van der Waals surface area contributed by atoms with Crippen LogP contribution in [0.5, 0.6) is 11.5 Å². The van der Waals surface area contributed by atoms with Gasteiger partial charge in [-0.1, -0.05) is 29.8 Å². The van der Waals surface area contributed by atoms with Crippen molar-refractivity contribution in [3.63, 3.8) is 0 Å². The van der Waals surface area contributed by atoms with Crippen LogP contribution >= 0.6 is 11.6 Å². The van der Waals surface area contributed by atoms with E-state index in [-0.39, 0.29) is 12.5 Å². The number of fused-ring (bicyclic) bond motifs is 1. The Bertz CT molecular complexity index is 1300. The van der Waals surface area contributed by atoms with E-state index in [1.54, 1.807) is 24.3 Å². The van der Waals surface area contributed by atoms with E-state index in [0.29, 0.717) is 23.9 Å². The van der Waals surface area contributed by atoms with Gasteiger partial charge in [0.25, 0.3) is 5.91 Å². The van der Waals surface area contributed by atoms with Crippen LogP contribution in [0.4, 0.5) is 0 Å². The van der Waals surface area contributed by atoms with Gasteiger partial charge in [-0.05, 0) is 86.3 Å². The molecule has 0 spiro atoms. The van der Waals surface area contributed by atoms with E-state index < -0.39 is 0 Å². The van der Waals surface area contributed by atoms with Gasteiger partial charge < -0.3 is 19.4 Å². The fourth-order valence-corrected chi connectivity index (χ4v) is 4.11. The molecule has 0 atom stereocenters. The maximum atomic E-state index is 12.1. The smallest absolute Gasteiger partial charge is 0.257 e. The first-order valence-electron chi connectivity index (χ1n) is 12.3. The zero-order valence-corrected chi connectivity index (χ0v) is 21.6. The maximum Gasteiger partial charge on any atom is 0.257 e. The summed E-state index contributed by atoms with van der Waals surface area (Å²) in [5, 5.41) is 3.55. The Hall–Kier alpha value is -3.51. The van der Waals surface area contributed by atoms with Crippen molar-refractivity contribution in [3.05, 3.63) is 88.7 Å². The van der Waals surface area contributed by atoms with Gasteiger partial charge in [0.1, 0.15) is 17.3 Å². The van der Waals surface area contributed by atoms with Gasteiger partial charge in [-0.15, -0.1) is 0 Å². The van der Waals surface area contributed by atoms with Crippen LogP contribution in [-0.2, 0) is 17.8 Å². The number of hydrogen-bond acceptors (Lipinski definition) is 4. The fraction of sp³-hybridized carbons (Fsp3) is 0.310. The number of carbonyl (C=O) groups excluding carboxylic acids is 1. The summed E-state index contributed by atoms with van der Waals surface area (Å²) in [4.78, 5) is 17.0. The number of halogens is 1. The summed E-state index contributed by atoms with van der Waals surface area (Å²) in [5.41, 5.74) is 4.61. The van der Waals surface area contributed by atoms with Crippen molar-refractivity contribution < 1.29 is 14.3 Å². The Morgan fingerprint density at radius 1 is 0.944 bits per heavy atom. The van der Waals surface area contributed by atoms with Crippen molar-refractivity contribution >= 4 is 28.5 Å². The Balaban J connectivity index is 1.25. The first-order chi connectivity index (χ1) is 17.5. The monoisotopic (exact) mass is 505 g/mol. The van der Waals surface area contributed by atoms with Crippen LogP contribution in [0, 0.1) is 13.8 Å². The summed E-state index contributed by atoms with van der Waals surface area (Å²) in [6, 6.07) is 21.3. The molecule has 3 aromatic carbocycles. The molecular weight excluding hydrogens is 474 g/mol. The van der Waals surface area contributed by atoms with Crippen molar-refractivity contribution in [2.75, 3.05) is 19.8 Å². The molecule has 0 aliphatic rings. The number of hydrogen-bond donors (Lipinski definition) is 1. The predicted molar refractivity (Wildman–Crippen MR) is 144 cm³/mol. The van der Waals surface area contributed by atoms with Crippen molar-refractivity contribution in [2.24, 2.45) is 0 Å². The average Bonchev–Trinajstić information content (AvgIpc) is 3.23. The van der Waals surface area contributed by atoms with E-state index in [2.05, 4.69) is 41.9 Å². The summed E-state index contributed by atoms with van der Waals surface area (Å²) in [6.45, 7) is 6.19. The van der Waals surface area contributed by atoms with E-state index in [9.17, 15) is 4.79 Å². The number of rotatable bonds is 12. The Morgan fingerprint density at radius 2 is 1.72 bits per heavy atom. The number of para-hydroxylation sites is 2. The highest BCUT2D eigenvalue weighted by Gasteiger charge is 2.11. The zero-order chi connectivity index (χ0) is 25.3. The number of ether oxygens (including phenoxy) is 2. The van der Waals surface area contributed by atoms with Gasteiger partial charge in [-0.2, -0.15) is 0 Å². The highest BCUT2D eigenvalue weighted by Crippen LogP contribution is 2.19. The molecule has 4 aromatic rings. The van der Waals surface area contributed by atoms with Gasteiger partial charge in [0, 0.05) is 24.5 Å². The average molecular weight is 506 g/mol. The van der Waals surface area contributed by atoms with E-state index in [1.165, 1.54) is 11.1 Å². The summed E-state index contributed by atoms with van der Waals surface area (Å²) in [7, 11) is 0. The van der Waals surface area contributed by atoms with Crippen LogP contribution in [0.3, 0.4) is 0 Å². The zero-order valence-electron chi connectivity index (χ0n) is 20.8. The second-order valence-corrected chi connectivity index (χ2v) is 9.25. The van der Waals surface area contributed by atoms with E-state index in [4.69, 9.17) is 26.1 Å². The quantitative estimate of drug-likeness (QED) is 0.243. The molecule has 0 aliphatic heterocycles. The topological polar surface area (TPSA) is 65.4 Å². The third-order valence-corrected chi connectivity index (χ3v) is 6.34.